The summed E-state index contributed by atoms with van der Waals surface area (Å²) in [7, 11) is 0. The molecule has 0 aliphatic carbocycles. The topological polar surface area (TPSA) is 30.9 Å². The molecule has 0 saturated carbocycles. The van der Waals surface area contributed by atoms with Gasteiger partial charge in [0.2, 0.25) is 0 Å². The number of benzene rings is 4. The fraction of sp³-hybridized carbons (Fsp3) is 0.314. The second kappa shape index (κ2) is 14.9. The van der Waals surface area contributed by atoms with E-state index in [0.29, 0.717) is 32.9 Å². The molecule has 4 atom stereocenters. The predicted molar refractivity (Wildman–Crippen MR) is 161 cm³/mol. The zero-order valence-corrected chi connectivity index (χ0v) is 24.4. The lowest BCUT2D eigenvalue weighted by Gasteiger charge is -2.47. The van der Waals surface area contributed by atoms with E-state index in [9.17, 15) is 8.78 Å². The first-order valence-corrected chi connectivity index (χ1v) is 14.7. The largest absolute Gasteiger partial charge is 0.369 e. The van der Waals surface area contributed by atoms with Gasteiger partial charge in [-0.05, 0) is 42.2 Å². The van der Waals surface area contributed by atoms with Crippen LogP contribution in [0.15, 0.2) is 103 Å². The van der Waals surface area contributed by atoms with Crippen molar-refractivity contribution < 1.29 is 23.0 Å². The lowest BCUT2D eigenvalue weighted by atomic mass is 9.93. The quantitative estimate of drug-likeness (QED) is 0.159. The SMILES string of the molecule is C[C@@H]1[C@@H](OCc2ccccc2)[C@H](OCc2ccccc2)[C@@H](OCc2ccccc2)CN1CCc1c(F)ccc(Cl)c1F. The molecule has 0 spiro atoms. The molecule has 1 fully saturated rings. The first kappa shape index (κ1) is 30.3. The summed E-state index contributed by atoms with van der Waals surface area (Å²) in [6, 6.07) is 32.4. The number of hydrogen-bond donors (Lipinski definition) is 0. The zero-order valence-electron chi connectivity index (χ0n) is 23.7. The number of nitrogens with zero attached hydrogens (tertiary/aromatic N) is 1. The molecule has 5 rings (SSSR count). The molecular weight excluding hydrogens is 556 g/mol. The van der Waals surface area contributed by atoms with Crippen molar-refractivity contribution in [3.8, 4) is 0 Å². The van der Waals surface area contributed by atoms with Crippen molar-refractivity contribution >= 4 is 11.6 Å². The lowest BCUT2D eigenvalue weighted by molar-refractivity contribution is -0.200. The molecule has 0 N–H and O–H groups in total. The Morgan fingerprint density at radius 3 is 1.74 bits per heavy atom. The Labute approximate surface area is 251 Å². The molecule has 42 heavy (non-hydrogen) atoms. The summed E-state index contributed by atoms with van der Waals surface area (Å²) < 4.78 is 49.1. The normalized spacial score (nSPS) is 21.0. The molecule has 1 aliphatic heterocycles. The summed E-state index contributed by atoms with van der Waals surface area (Å²) in [5.74, 6) is -1.31. The zero-order chi connectivity index (χ0) is 29.3. The number of halogens is 3. The van der Waals surface area contributed by atoms with Crippen LogP contribution in [0.25, 0.3) is 0 Å². The van der Waals surface area contributed by atoms with Gasteiger partial charge in [0.15, 0.2) is 0 Å². The lowest BCUT2D eigenvalue weighted by Crippen LogP contribution is -2.62. The van der Waals surface area contributed by atoms with Crippen LogP contribution in [-0.2, 0) is 40.5 Å². The summed E-state index contributed by atoms with van der Waals surface area (Å²) in [6.45, 7) is 4.21. The van der Waals surface area contributed by atoms with Gasteiger partial charge in [-0.2, -0.15) is 0 Å². The van der Waals surface area contributed by atoms with Crippen molar-refractivity contribution in [2.24, 2.45) is 0 Å². The maximum absolute atomic E-state index is 14.7. The van der Waals surface area contributed by atoms with Crippen LogP contribution in [0.3, 0.4) is 0 Å². The molecule has 1 saturated heterocycles. The molecule has 7 heteroatoms. The molecule has 0 aromatic heterocycles. The third kappa shape index (κ3) is 7.82. The Balaban J connectivity index is 1.40. The van der Waals surface area contributed by atoms with Crippen molar-refractivity contribution in [3.63, 3.8) is 0 Å². The molecule has 0 radical (unpaired) electrons. The first-order chi connectivity index (χ1) is 20.5. The van der Waals surface area contributed by atoms with Gasteiger partial charge in [-0.1, -0.05) is 103 Å². The van der Waals surface area contributed by atoms with E-state index in [-0.39, 0.29) is 41.4 Å². The second-order valence-corrected chi connectivity index (χ2v) is 11.1. The van der Waals surface area contributed by atoms with Gasteiger partial charge in [0.05, 0.1) is 30.9 Å². The molecule has 1 heterocycles. The molecule has 0 unspecified atom stereocenters. The van der Waals surface area contributed by atoms with Gasteiger partial charge in [0.25, 0.3) is 0 Å². The van der Waals surface area contributed by atoms with Crippen LogP contribution in [0.4, 0.5) is 8.78 Å². The number of rotatable bonds is 12. The Kier molecular flexibility index (Phi) is 10.7. The van der Waals surface area contributed by atoms with Crippen LogP contribution < -0.4 is 0 Å². The minimum atomic E-state index is -0.709. The molecule has 0 amide bonds. The van der Waals surface area contributed by atoms with Crippen molar-refractivity contribution in [1.82, 2.24) is 4.90 Å². The van der Waals surface area contributed by atoms with Gasteiger partial charge in [-0.25, -0.2) is 8.78 Å². The van der Waals surface area contributed by atoms with E-state index in [1.165, 1.54) is 12.1 Å². The number of ether oxygens (including phenoxy) is 3. The summed E-state index contributed by atoms with van der Waals surface area (Å²) in [6.07, 6.45) is -0.921. The van der Waals surface area contributed by atoms with E-state index in [0.717, 1.165) is 16.7 Å². The third-order valence-electron chi connectivity index (χ3n) is 7.82. The highest BCUT2D eigenvalue weighted by Gasteiger charge is 2.44. The Hall–Kier alpha value is -3.13. The average Bonchev–Trinajstić information content (AvgIpc) is 3.03. The minimum Gasteiger partial charge on any atom is -0.369 e. The van der Waals surface area contributed by atoms with E-state index >= 15 is 0 Å². The van der Waals surface area contributed by atoms with Gasteiger partial charge in [-0.3, -0.25) is 4.90 Å². The Morgan fingerprint density at radius 2 is 1.19 bits per heavy atom. The molecule has 220 valence electrons. The van der Waals surface area contributed by atoms with Crippen molar-refractivity contribution in [2.75, 3.05) is 13.1 Å². The highest BCUT2D eigenvalue weighted by molar-refractivity contribution is 6.30. The van der Waals surface area contributed by atoms with E-state index in [1.54, 1.807) is 0 Å². The predicted octanol–water partition coefficient (Wildman–Crippen LogP) is 7.62. The third-order valence-corrected chi connectivity index (χ3v) is 8.11. The van der Waals surface area contributed by atoms with Crippen molar-refractivity contribution in [3.05, 3.63) is 142 Å². The van der Waals surface area contributed by atoms with Crippen LogP contribution >= 0.6 is 11.6 Å². The maximum Gasteiger partial charge on any atom is 0.147 e. The fourth-order valence-corrected chi connectivity index (χ4v) is 5.62. The van der Waals surface area contributed by atoms with Crippen LogP contribution in [0.2, 0.25) is 5.02 Å². The van der Waals surface area contributed by atoms with Gasteiger partial charge in [0.1, 0.15) is 23.8 Å². The van der Waals surface area contributed by atoms with E-state index in [4.69, 9.17) is 25.8 Å². The summed E-state index contributed by atoms with van der Waals surface area (Å²) in [5.41, 5.74) is 3.14. The first-order valence-electron chi connectivity index (χ1n) is 14.3. The number of likely N-dealkylation sites (tertiary alicyclic amines) is 1. The van der Waals surface area contributed by atoms with Crippen LogP contribution in [0.1, 0.15) is 29.2 Å². The standard InChI is InChI=1S/C35H36ClF2NO3/c1-25-34(41-23-27-13-7-3-8-14-27)35(42-24-28-15-9-4-10-16-28)32(40-22-26-11-5-2-6-12-26)21-39(25)20-19-29-31(37)18-17-30(36)33(29)38/h2-18,25,32,34-35H,19-24H2,1H3/t25-,32+,34-,35-/m1/s1. The van der Waals surface area contributed by atoms with Crippen LogP contribution in [0, 0.1) is 11.6 Å². The van der Waals surface area contributed by atoms with E-state index in [2.05, 4.69) is 11.8 Å². The Bertz CT molecular complexity index is 1390. The number of hydrogen-bond acceptors (Lipinski definition) is 4. The van der Waals surface area contributed by atoms with Gasteiger partial charge >= 0.3 is 0 Å². The molecule has 4 aromatic rings. The second-order valence-electron chi connectivity index (χ2n) is 10.7. The summed E-state index contributed by atoms with van der Waals surface area (Å²) in [4.78, 5) is 2.17. The molecule has 1 aliphatic rings. The van der Waals surface area contributed by atoms with Crippen LogP contribution in [-0.4, -0.2) is 42.3 Å². The smallest absolute Gasteiger partial charge is 0.147 e. The van der Waals surface area contributed by atoms with Crippen LogP contribution in [0.5, 0.6) is 0 Å². The van der Waals surface area contributed by atoms with Crippen molar-refractivity contribution in [1.29, 1.82) is 0 Å². The maximum atomic E-state index is 14.7. The van der Waals surface area contributed by atoms with E-state index in [1.807, 2.05) is 91.0 Å². The van der Waals surface area contributed by atoms with Gasteiger partial charge < -0.3 is 14.2 Å². The highest BCUT2D eigenvalue weighted by atomic mass is 35.5. The van der Waals surface area contributed by atoms with E-state index < -0.39 is 11.6 Å². The highest BCUT2D eigenvalue weighted by Crippen LogP contribution is 2.29. The Morgan fingerprint density at radius 1 is 0.690 bits per heavy atom. The average molecular weight is 592 g/mol. The minimum absolute atomic E-state index is 0.0133. The fourth-order valence-electron chi connectivity index (χ4n) is 5.44. The summed E-state index contributed by atoms with van der Waals surface area (Å²) in [5, 5.41) is -0.0828. The molecular formula is C35H36ClF2NO3. The van der Waals surface area contributed by atoms with Gasteiger partial charge in [-0.15, -0.1) is 0 Å². The van der Waals surface area contributed by atoms with Crippen molar-refractivity contribution in [2.45, 2.75) is 57.5 Å². The molecule has 4 nitrogen and oxygen atoms in total. The van der Waals surface area contributed by atoms with Gasteiger partial charge in [0, 0.05) is 24.7 Å². The molecule has 4 aromatic carbocycles. The monoisotopic (exact) mass is 591 g/mol. The summed E-state index contributed by atoms with van der Waals surface area (Å²) >= 11 is 5.97. The number of piperidine rings is 1. The molecule has 0 bridgehead atoms.